The van der Waals surface area contributed by atoms with Crippen LogP contribution in [0.15, 0.2) is 28.4 Å². The summed E-state index contributed by atoms with van der Waals surface area (Å²) in [7, 11) is 2.21. The Labute approximate surface area is 121 Å². The first-order valence-corrected chi connectivity index (χ1v) is 5.97. The molecule has 0 aliphatic rings. The molecule has 0 atom stereocenters. The van der Waals surface area contributed by atoms with E-state index in [-0.39, 0.29) is 15.9 Å². The summed E-state index contributed by atoms with van der Waals surface area (Å²) in [5.41, 5.74) is -0.385. The second kappa shape index (κ2) is 6.99. The second-order valence-electron chi connectivity index (χ2n) is 3.45. The number of halogens is 3. The van der Waals surface area contributed by atoms with E-state index in [1.807, 2.05) is 0 Å². The van der Waals surface area contributed by atoms with Gasteiger partial charge in [0.1, 0.15) is 17.3 Å². The van der Waals surface area contributed by atoms with Crippen molar-refractivity contribution in [2.24, 2.45) is 0 Å². The van der Waals surface area contributed by atoms with Crippen LogP contribution in [0, 0.1) is 11.6 Å². The first-order chi connectivity index (χ1) is 9.38. The fourth-order valence-corrected chi connectivity index (χ4v) is 1.44. The molecule has 0 aliphatic carbocycles. The van der Waals surface area contributed by atoms with Crippen LogP contribution in [0.3, 0.4) is 0 Å². The minimum atomic E-state index is -0.890. The van der Waals surface area contributed by atoms with E-state index in [1.54, 1.807) is 0 Å². The fraction of sp³-hybridized carbons (Fsp3) is 0.167. The molecule has 0 unspecified atom stereocenters. The molecule has 0 fully saturated rings. The van der Waals surface area contributed by atoms with Crippen molar-refractivity contribution >= 4 is 33.6 Å². The molecular weight excluding hydrogens is 340 g/mol. The van der Waals surface area contributed by atoms with Gasteiger partial charge in [0.15, 0.2) is 0 Å². The van der Waals surface area contributed by atoms with Gasteiger partial charge in [-0.05, 0) is 28.1 Å². The highest BCUT2D eigenvalue weighted by atomic mass is 79.9. The Kier molecular flexibility index (Phi) is 5.63. The number of benzene rings is 1. The van der Waals surface area contributed by atoms with Crippen LogP contribution in [0.4, 0.5) is 14.5 Å². The Hall–Kier alpha value is -1.96. The Morgan fingerprint density at radius 2 is 1.75 bits per heavy atom. The van der Waals surface area contributed by atoms with Gasteiger partial charge >= 0.3 is 11.9 Å². The minimum Gasteiger partial charge on any atom is -0.466 e. The second-order valence-corrected chi connectivity index (χ2v) is 4.24. The van der Waals surface area contributed by atoms with Gasteiger partial charge in [-0.3, -0.25) is 0 Å². The molecule has 8 heteroatoms. The number of hydrogen-bond donors (Lipinski definition) is 1. The van der Waals surface area contributed by atoms with Crippen molar-refractivity contribution in [1.29, 1.82) is 0 Å². The number of carbonyl (C=O) groups is 2. The van der Waals surface area contributed by atoms with E-state index in [4.69, 9.17) is 0 Å². The van der Waals surface area contributed by atoms with Gasteiger partial charge in [-0.1, -0.05) is 0 Å². The van der Waals surface area contributed by atoms with Crippen molar-refractivity contribution in [3.63, 3.8) is 0 Å². The van der Waals surface area contributed by atoms with Crippen molar-refractivity contribution in [2.45, 2.75) is 0 Å². The zero-order valence-corrected chi connectivity index (χ0v) is 12.1. The number of anilines is 1. The number of carbonyl (C=O) groups excluding carboxylic acids is 2. The summed E-state index contributed by atoms with van der Waals surface area (Å²) >= 11 is 2.72. The largest absolute Gasteiger partial charge is 0.466 e. The summed E-state index contributed by atoms with van der Waals surface area (Å²) < 4.78 is 35.2. The van der Waals surface area contributed by atoms with Gasteiger partial charge in [0.25, 0.3) is 0 Å². The van der Waals surface area contributed by atoms with E-state index in [0.717, 1.165) is 32.4 Å². The standard InChI is InChI=1S/C12H10BrF2NO4/c1-19-10(17)5-9(12(18)20-2)16-6-3-7(14)11(13)8(15)4-6/h3-5,16H,1-2H3/b9-5+. The van der Waals surface area contributed by atoms with E-state index < -0.39 is 23.6 Å². The molecule has 0 saturated heterocycles. The lowest BCUT2D eigenvalue weighted by Crippen LogP contribution is -2.15. The average Bonchev–Trinajstić information content (AvgIpc) is 2.42. The van der Waals surface area contributed by atoms with Gasteiger partial charge in [-0.2, -0.15) is 0 Å². The first-order valence-electron chi connectivity index (χ1n) is 5.18. The fourth-order valence-electron chi connectivity index (χ4n) is 1.22. The lowest BCUT2D eigenvalue weighted by Gasteiger charge is -2.10. The minimum absolute atomic E-state index is 0.0660. The maximum atomic E-state index is 13.3. The van der Waals surface area contributed by atoms with Crippen LogP contribution < -0.4 is 5.32 Å². The molecule has 20 heavy (non-hydrogen) atoms. The molecule has 0 spiro atoms. The van der Waals surface area contributed by atoms with E-state index in [2.05, 4.69) is 30.7 Å². The van der Waals surface area contributed by atoms with Gasteiger partial charge in [-0.25, -0.2) is 18.4 Å². The first kappa shape index (κ1) is 16.1. The predicted octanol–water partition coefficient (Wildman–Crippen LogP) is 2.37. The molecule has 108 valence electrons. The van der Waals surface area contributed by atoms with Crippen molar-refractivity contribution in [3.05, 3.63) is 40.0 Å². The molecular formula is C12H10BrF2NO4. The summed E-state index contributed by atoms with van der Waals surface area (Å²) in [6.45, 7) is 0. The summed E-state index contributed by atoms with van der Waals surface area (Å²) in [5.74, 6) is -3.44. The quantitative estimate of drug-likeness (QED) is 0.513. The maximum Gasteiger partial charge on any atom is 0.354 e. The third-order valence-electron chi connectivity index (χ3n) is 2.13. The lowest BCUT2D eigenvalue weighted by atomic mass is 10.2. The third kappa shape index (κ3) is 4.02. The topological polar surface area (TPSA) is 64.6 Å². The molecule has 0 amide bonds. The van der Waals surface area contributed by atoms with Crippen LogP contribution >= 0.6 is 15.9 Å². The highest BCUT2D eigenvalue weighted by molar-refractivity contribution is 9.10. The Bertz CT molecular complexity index is 552. The Morgan fingerprint density at radius 3 is 2.20 bits per heavy atom. The number of nitrogens with one attached hydrogen (secondary N) is 1. The van der Waals surface area contributed by atoms with Gasteiger partial charge < -0.3 is 14.8 Å². The molecule has 0 bridgehead atoms. The average molecular weight is 350 g/mol. The van der Waals surface area contributed by atoms with Gasteiger partial charge in [0, 0.05) is 5.69 Å². The summed E-state index contributed by atoms with van der Waals surface area (Å²) in [5, 5.41) is 2.39. The Balaban J connectivity index is 3.10. The van der Waals surface area contributed by atoms with Gasteiger partial charge in [0.05, 0.1) is 24.8 Å². The molecule has 5 nitrogen and oxygen atoms in total. The van der Waals surface area contributed by atoms with E-state index in [1.165, 1.54) is 0 Å². The van der Waals surface area contributed by atoms with Crippen LogP contribution in [0.2, 0.25) is 0 Å². The van der Waals surface area contributed by atoms with Gasteiger partial charge in [-0.15, -0.1) is 0 Å². The Morgan fingerprint density at radius 1 is 1.20 bits per heavy atom. The zero-order chi connectivity index (χ0) is 15.3. The van der Waals surface area contributed by atoms with Crippen LogP contribution in [0.1, 0.15) is 0 Å². The van der Waals surface area contributed by atoms with Crippen LogP contribution in [-0.2, 0) is 19.1 Å². The number of hydrogen-bond acceptors (Lipinski definition) is 5. The smallest absolute Gasteiger partial charge is 0.354 e. The number of ether oxygens (including phenoxy) is 2. The summed E-state index contributed by atoms with van der Waals surface area (Å²) in [4.78, 5) is 22.6. The molecule has 1 N–H and O–H groups in total. The molecule has 1 aromatic carbocycles. The normalized spacial score (nSPS) is 10.9. The number of methoxy groups -OCH3 is 2. The van der Waals surface area contributed by atoms with Crippen molar-refractivity contribution in [1.82, 2.24) is 0 Å². The van der Waals surface area contributed by atoms with Crippen LogP contribution in [-0.4, -0.2) is 26.2 Å². The SMILES string of the molecule is COC(=O)/C=C(/Nc1cc(F)c(Br)c(F)c1)C(=O)OC. The lowest BCUT2D eigenvalue weighted by molar-refractivity contribution is -0.138. The highest BCUT2D eigenvalue weighted by Crippen LogP contribution is 2.24. The molecule has 0 aliphatic heterocycles. The highest BCUT2D eigenvalue weighted by Gasteiger charge is 2.15. The molecule has 1 rings (SSSR count). The molecule has 0 heterocycles. The summed E-state index contributed by atoms with van der Waals surface area (Å²) in [6, 6.07) is 1.89. The van der Waals surface area contributed by atoms with Crippen LogP contribution in [0.25, 0.3) is 0 Å². The molecule has 1 aromatic rings. The van der Waals surface area contributed by atoms with E-state index in [0.29, 0.717) is 0 Å². The number of esters is 2. The predicted molar refractivity (Wildman–Crippen MR) is 69.8 cm³/mol. The van der Waals surface area contributed by atoms with Crippen molar-refractivity contribution < 1.29 is 27.8 Å². The molecule has 0 saturated carbocycles. The monoisotopic (exact) mass is 349 g/mol. The van der Waals surface area contributed by atoms with Crippen molar-refractivity contribution in [3.8, 4) is 0 Å². The maximum absolute atomic E-state index is 13.3. The van der Waals surface area contributed by atoms with Crippen LogP contribution in [0.5, 0.6) is 0 Å². The molecule has 0 aromatic heterocycles. The summed E-state index contributed by atoms with van der Waals surface area (Å²) in [6.07, 6.45) is 0.809. The number of rotatable bonds is 4. The van der Waals surface area contributed by atoms with Gasteiger partial charge in [0.2, 0.25) is 0 Å². The third-order valence-corrected chi connectivity index (χ3v) is 2.89. The van der Waals surface area contributed by atoms with E-state index in [9.17, 15) is 18.4 Å². The van der Waals surface area contributed by atoms with Crippen molar-refractivity contribution in [2.75, 3.05) is 19.5 Å². The van der Waals surface area contributed by atoms with E-state index >= 15 is 0 Å². The molecule has 0 radical (unpaired) electrons. The zero-order valence-electron chi connectivity index (χ0n) is 10.5.